The van der Waals surface area contributed by atoms with Crippen molar-refractivity contribution >= 4 is 17.3 Å². The molecule has 0 saturated carbocycles. The van der Waals surface area contributed by atoms with Gasteiger partial charge in [0.1, 0.15) is 11.6 Å². The lowest BCUT2D eigenvalue weighted by Crippen LogP contribution is -1.91. The third kappa shape index (κ3) is 2.09. The van der Waals surface area contributed by atoms with Crippen LogP contribution in [0.3, 0.4) is 0 Å². The van der Waals surface area contributed by atoms with Crippen molar-refractivity contribution < 1.29 is 18.7 Å². The monoisotopic (exact) mass is 240 g/mol. The third-order valence-corrected chi connectivity index (χ3v) is 2.97. The van der Waals surface area contributed by atoms with E-state index in [2.05, 4.69) is 0 Å². The first-order valence-corrected chi connectivity index (χ1v) is 5.22. The van der Waals surface area contributed by atoms with E-state index < -0.39 is 17.6 Å². The van der Waals surface area contributed by atoms with Crippen LogP contribution < -0.4 is 0 Å². The van der Waals surface area contributed by atoms with E-state index in [9.17, 15) is 13.6 Å². The van der Waals surface area contributed by atoms with Crippen molar-refractivity contribution in [1.29, 1.82) is 0 Å². The lowest BCUT2D eigenvalue weighted by atomic mass is 10.1. The highest BCUT2D eigenvalue weighted by atomic mass is 32.1. The van der Waals surface area contributed by atoms with Crippen LogP contribution >= 0.6 is 11.3 Å². The fraction of sp³-hybridized carbons (Fsp3) is 0. The fourth-order valence-electron chi connectivity index (χ4n) is 1.30. The van der Waals surface area contributed by atoms with Gasteiger partial charge in [-0.15, -0.1) is 11.3 Å². The van der Waals surface area contributed by atoms with Crippen molar-refractivity contribution in [3.8, 4) is 10.4 Å². The molecule has 1 N–H and O–H groups in total. The van der Waals surface area contributed by atoms with Crippen molar-refractivity contribution in [3.05, 3.63) is 46.8 Å². The molecule has 0 radical (unpaired) electrons. The Labute approximate surface area is 93.8 Å². The average Bonchev–Trinajstić information content (AvgIpc) is 2.64. The molecule has 1 aromatic heterocycles. The molecule has 0 amide bonds. The molecule has 16 heavy (non-hydrogen) atoms. The van der Waals surface area contributed by atoms with Gasteiger partial charge in [0.05, 0.1) is 5.56 Å². The first kappa shape index (κ1) is 10.8. The summed E-state index contributed by atoms with van der Waals surface area (Å²) in [6.45, 7) is 0. The molecule has 0 unspecified atom stereocenters. The van der Waals surface area contributed by atoms with Gasteiger partial charge in [-0.25, -0.2) is 13.6 Å². The SMILES string of the molecule is O=C(O)c1csc(-c2cc(F)cc(F)c2)c1. The van der Waals surface area contributed by atoms with E-state index in [1.165, 1.54) is 23.6 Å². The molecule has 5 heteroatoms. The number of benzene rings is 1. The number of rotatable bonds is 2. The van der Waals surface area contributed by atoms with Gasteiger partial charge in [-0.1, -0.05) is 0 Å². The Bertz CT molecular complexity index is 528. The van der Waals surface area contributed by atoms with Gasteiger partial charge in [-0.3, -0.25) is 0 Å². The molecule has 0 aliphatic heterocycles. The van der Waals surface area contributed by atoms with E-state index >= 15 is 0 Å². The van der Waals surface area contributed by atoms with Crippen molar-refractivity contribution in [2.24, 2.45) is 0 Å². The topological polar surface area (TPSA) is 37.3 Å². The predicted molar refractivity (Wildman–Crippen MR) is 56.6 cm³/mol. The quantitative estimate of drug-likeness (QED) is 0.873. The van der Waals surface area contributed by atoms with Gasteiger partial charge in [0.25, 0.3) is 0 Å². The molecule has 2 nitrogen and oxygen atoms in total. The molecule has 0 saturated heterocycles. The largest absolute Gasteiger partial charge is 0.478 e. The molecule has 1 aromatic carbocycles. The molecular formula is C11H6F2O2S. The maximum atomic E-state index is 12.9. The lowest BCUT2D eigenvalue weighted by molar-refractivity contribution is 0.0697. The minimum atomic E-state index is -1.06. The maximum Gasteiger partial charge on any atom is 0.336 e. The summed E-state index contributed by atoms with van der Waals surface area (Å²) in [6, 6.07) is 4.50. The van der Waals surface area contributed by atoms with Gasteiger partial charge in [-0.05, 0) is 23.8 Å². The van der Waals surface area contributed by atoms with Crippen LogP contribution in [-0.4, -0.2) is 11.1 Å². The van der Waals surface area contributed by atoms with Gasteiger partial charge >= 0.3 is 5.97 Å². The van der Waals surface area contributed by atoms with Gasteiger partial charge in [0.15, 0.2) is 0 Å². The molecule has 82 valence electrons. The molecule has 0 aliphatic rings. The van der Waals surface area contributed by atoms with E-state index in [1.807, 2.05) is 0 Å². The Morgan fingerprint density at radius 3 is 2.25 bits per heavy atom. The Hall–Kier alpha value is -1.75. The van der Waals surface area contributed by atoms with Crippen molar-refractivity contribution in [1.82, 2.24) is 0 Å². The average molecular weight is 240 g/mol. The maximum absolute atomic E-state index is 12.9. The van der Waals surface area contributed by atoms with E-state index in [0.717, 1.165) is 17.4 Å². The van der Waals surface area contributed by atoms with E-state index in [0.29, 0.717) is 10.4 Å². The first-order valence-electron chi connectivity index (χ1n) is 4.34. The number of aromatic carboxylic acids is 1. The van der Waals surface area contributed by atoms with Crippen molar-refractivity contribution in [2.75, 3.05) is 0 Å². The van der Waals surface area contributed by atoms with Crippen LogP contribution in [-0.2, 0) is 0 Å². The molecule has 0 spiro atoms. The number of halogens is 2. The summed E-state index contributed by atoms with van der Waals surface area (Å²) in [6.07, 6.45) is 0. The lowest BCUT2D eigenvalue weighted by Gasteiger charge is -1.97. The molecule has 1 heterocycles. The van der Waals surface area contributed by atoms with Crippen LogP contribution in [0.4, 0.5) is 8.78 Å². The van der Waals surface area contributed by atoms with E-state index in [4.69, 9.17) is 5.11 Å². The van der Waals surface area contributed by atoms with Gasteiger partial charge < -0.3 is 5.11 Å². The van der Waals surface area contributed by atoms with Crippen molar-refractivity contribution in [2.45, 2.75) is 0 Å². The summed E-state index contributed by atoms with van der Waals surface area (Å²) in [7, 11) is 0. The summed E-state index contributed by atoms with van der Waals surface area (Å²) >= 11 is 1.13. The summed E-state index contributed by atoms with van der Waals surface area (Å²) in [5, 5.41) is 10.1. The second-order valence-electron chi connectivity index (χ2n) is 3.16. The zero-order chi connectivity index (χ0) is 11.7. The van der Waals surface area contributed by atoms with Gasteiger partial charge in [-0.2, -0.15) is 0 Å². The Morgan fingerprint density at radius 1 is 1.12 bits per heavy atom. The Balaban J connectivity index is 2.46. The van der Waals surface area contributed by atoms with Crippen LogP contribution in [0.1, 0.15) is 10.4 Å². The standard InChI is InChI=1S/C11H6F2O2S/c12-8-1-6(2-9(13)4-8)10-3-7(5-16-10)11(14)15/h1-5H,(H,14,15). The highest BCUT2D eigenvalue weighted by Gasteiger charge is 2.09. The number of thiophene rings is 1. The van der Waals surface area contributed by atoms with Crippen LogP contribution in [0.15, 0.2) is 29.6 Å². The van der Waals surface area contributed by atoms with Crippen LogP contribution in [0.2, 0.25) is 0 Å². The normalized spacial score (nSPS) is 10.4. The second kappa shape index (κ2) is 4.02. The zero-order valence-corrected chi connectivity index (χ0v) is 8.72. The number of carboxylic acids is 1. The number of carbonyl (C=O) groups is 1. The predicted octanol–water partition coefficient (Wildman–Crippen LogP) is 3.39. The van der Waals surface area contributed by atoms with Gasteiger partial charge in [0.2, 0.25) is 0 Å². The molecule has 0 bridgehead atoms. The number of hydrogen-bond acceptors (Lipinski definition) is 2. The van der Waals surface area contributed by atoms with Gasteiger partial charge in [0, 0.05) is 16.3 Å². The van der Waals surface area contributed by atoms with E-state index in [-0.39, 0.29) is 5.56 Å². The van der Waals surface area contributed by atoms with Crippen LogP contribution in [0, 0.1) is 11.6 Å². The number of carboxylic acid groups (broad SMARTS) is 1. The zero-order valence-electron chi connectivity index (χ0n) is 7.91. The van der Waals surface area contributed by atoms with E-state index in [1.54, 1.807) is 0 Å². The Morgan fingerprint density at radius 2 is 1.75 bits per heavy atom. The molecule has 0 aliphatic carbocycles. The summed E-state index contributed by atoms with van der Waals surface area (Å²) in [5.74, 6) is -2.42. The highest BCUT2D eigenvalue weighted by Crippen LogP contribution is 2.28. The van der Waals surface area contributed by atoms with Crippen LogP contribution in [0.5, 0.6) is 0 Å². The molecule has 2 aromatic rings. The highest BCUT2D eigenvalue weighted by molar-refractivity contribution is 7.13. The summed E-state index contributed by atoms with van der Waals surface area (Å²) < 4.78 is 25.9. The minimum Gasteiger partial charge on any atom is -0.478 e. The Kier molecular flexibility index (Phi) is 2.70. The molecule has 0 fully saturated rings. The fourth-order valence-corrected chi connectivity index (χ4v) is 2.17. The third-order valence-electron chi connectivity index (χ3n) is 1.99. The second-order valence-corrected chi connectivity index (χ2v) is 4.07. The van der Waals surface area contributed by atoms with Crippen molar-refractivity contribution in [3.63, 3.8) is 0 Å². The minimum absolute atomic E-state index is 0.115. The molecule has 0 atom stereocenters. The molecular weight excluding hydrogens is 234 g/mol. The molecule has 2 rings (SSSR count). The number of hydrogen-bond donors (Lipinski definition) is 1. The smallest absolute Gasteiger partial charge is 0.336 e. The summed E-state index contributed by atoms with van der Waals surface area (Å²) in [5.41, 5.74) is 0.458. The first-order chi connectivity index (χ1) is 7.56. The van der Waals surface area contributed by atoms with Crippen LogP contribution in [0.25, 0.3) is 10.4 Å². The summed E-state index contributed by atoms with van der Waals surface area (Å²) in [4.78, 5) is 11.2.